The van der Waals surface area contributed by atoms with Crippen molar-refractivity contribution in [1.29, 1.82) is 0 Å². The first-order valence-electron chi connectivity index (χ1n) is 10.8. The summed E-state index contributed by atoms with van der Waals surface area (Å²) in [4.78, 5) is 29.7. The molecule has 4 heterocycles. The van der Waals surface area contributed by atoms with Gasteiger partial charge in [-0.3, -0.25) is 18.6 Å². The van der Waals surface area contributed by atoms with Crippen LogP contribution in [0.5, 0.6) is 0 Å². The molecule has 0 N–H and O–H groups in total. The molecule has 0 bridgehead atoms. The fraction of sp³-hybridized carbons (Fsp3) is 0.391. The molecule has 0 aliphatic carbocycles. The van der Waals surface area contributed by atoms with E-state index in [1.807, 2.05) is 20.7 Å². The normalized spacial score (nSPS) is 14.6. The Hall–Kier alpha value is -3.20. The zero-order valence-corrected chi connectivity index (χ0v) is 19.4. The van der Waals surface area contributed by atoms with Crippen LogP contribution in [-0.4, -0.2) is 56.2 Å². The summed E-state index contributed by atoms with van der Waals surface area (Å²) in [6.07, 6.45) is 0.860. The number of aromatic nitrogens is 4. The molecule has 166 valence electrons. The predicted octanol–water partition coefficient (Wildman–Crippen LogP) is 2.54. The summed E-state index contributed by atoms with van der Waals surface area (Å²) in [6, 6.07) is 8.30. The zero-order chi connectivity index (χ0) is 22.4. The summed E-state index contributed by atoms with van der Waals surface area (Å²) in [5.74, 6) is 1.35. The minimum atomic E-state index is -0.0701. The second-order valence-electron chi connectivity index (χ2n) is 8.34. The average molecular weight is 451 g/mol. The molecule has 1 amide bonds. The molecule has 0 saturated carbocycles. The van der Waals surface area contributed by atoms with Crippen LogP contribution in [0.25, 0.3) is 16.0 Å². The smallest absolute Gasteiger partial charge is 0.272 e. The molecule has 8 nitrogen and oxygen atoms in total. The summed E-state index contributed by atoms with van der Waals surface area (Å²) in [5, 5.41) is 10.4. The standard InChI is InChI=1S/C23H26N6O2S/c1-15-5-4-6-17(16(15)2)27-10-12-28(13-11-27)20(30)8-7-19-24-25-23-26(3)22(31)21-18(29(19)23)9-14-32-21/h4-6,9,14H,7-8,10-13H2,1-3H3. The maximum atomic E-state index is 12.9. The fourth-order valence-corrected chi connectivity index (χ4v) is 5.32. The van der Waals surface area contributed by atoms with E-state index in [0.717, 1.165) is 31.7 Å². The first-order chi connectivity index (χ1) is 15.5. The Balaban J connectivity index is 1.28. The number of nitrogens with zero attached hydrogens (tertiary/aromatic N) is 6. The molecule has 5 rings (SSSR count). The number of fused-ring (bicyclic) bond motifs is 3. The molecule has 0 spiro atoms. The molecular weight excluding hydrogens is 424 g/mol. The Bertz CT molecular complexity index is 1380. The maximum absolute atomic E-state index is 12.9. The quantitative estimate of drug-likeness (QED) is 0.478. The molecule has 9 heteroatoms. The van der Waals surface area contributed by atoms with Crippen molar-refractivity contribution in [3.63, 3.8) is 0 Å². The Morgan fingerprint density at radius 2 is 1.88 bits per heavy atom. The molecule has 0 radical (unpaired) electrons. The molecule has 0 atom stereocenters. The lowest BCUT2D eigenvalue weighted by molar-refractivity contribution is -0.131. The van der Waals surface area contributed by atoms with Gasteiger partial charge in [0.15, 0.2) is 0 Å². The van der Waals surface area contributed by atoms with E-state index >= 15 is 0 Å². The predicted molar refractivity (Wildman–Crippen MR) is 127 cm³/mol. The summed E-state index contributed by atoms with van der Waals surface area (Å²) in [6.45, 7) is 7.40. The highest BCUT2D eigenvalue weighted by Crippen LogP contribution is 2.24. The van der Waals surface area contributed by atoms with E-state index in [0.29, 0.717) is 29.1 Å². The van der Waals surface area contributed by atoms with Crippen LogP contribution in [0.3, 0.4) is 0 Å². The Labute approximate surface area is 189 Å². The van der Waals surface area contributed by atoms with Crippen LogP contribution in [0.2, 0.25) is 0 Å². The highest BCUT2D eigenvalue weighted by Gasteiger charge is 2.23. The third kappa shape index (κ3) is 3.37. The molecular formula is C23H26N6O2S. The monoisotopic (exact) mass is 450 g/mol. The van der Waals surface area contributed by atoms with Gasteiger partial charge in [-0.2, -0.15) is 0 Å². The van der Waals surface area contributed by atoms with Crippen molar-refractivity contribution < 1.29 is 4.79 Å². The van der Waals surface area contributed by atoms with Gasteiger partial charge in [0.05, 0.1) is 5.52 Å². The fourth-order valence-electron chi connectivity index (χ4n) is 4.47. The molecule has 1 aliphatic rings. The Morgan fingerprint density at radius 1 is 1.09 bits per heavy atom. The van der Waals surface area contributed by atoms with Gasteiger partial charge in [-0.15, -0.1) is 21.5 Å². The molecule has 1 aliphatic heterocycles. The van der Waals surface area contributed by atoms with E-state index in [1.54, 1.807) is 7.05 Å². The summed E-state index contributed by atoms with van der Waals surface area (Å²) >= 11 is 1.41. The van der Waals surface area contributed by atoms with Gasteiger partial charge in [0.2, 0.25) is 11.7 Å². The maximum Gasteiger partial charge on any atom is 0.272 e. The number of carbonyl (C=O) groups excluding carboxylic acids is 1. The van der Waals surface area contributed by atoms with Crippen LogP contribution in [0.4, 0.5) is 5.69 Å². The lowest BCUT2D eigenvalue weighted by Gasteiger charge is -2.37. The molecule has 4 aromatic rings. The lowest BCUT2D eigenvalue weighted by Crippen LogP contribution is -2.49. The van der Waals surface area contributed by atoms with Crippen LogP contribution in [0.15, 0.2) is 34.4 Å². The van der Waals surface area contributed by atoms with E-state index in [4.69, 9.17) is 0 Å². The van der Waals surface area contributed by atoms with Gasteiger partial charge in [-0.05, 0) is 42.5 Å². The van der Waals surface area contributed by atoms with Crippen molar-refractivity contribution in [1.82, 2.24) is 24.1 Å². The van der Waals surface area contributed by atoms with Crippen LogP contribution in [-0.2, 0) is 18.3 Å². The molecule has 0 unspecified atom stereocenters. The number of hydrogen-bond donors (Lipinski definition) is 0. The van der Waals surface area contributed by atoms with E-state index in [9.17, 15) is 9.59 Å². The summed E-state index contributed by atoms with van der Waals surface area (Å²) in [5.41, 5.74) is 4.60. The first-order valence-corrected chi connectivity index (χ1v) is 11.7. The number of benzene rings is 1. The minimum absolute atomic E-state index is 0.0701. The van der Waals surface area contributed by atoms with Gasteiger partial charge in [-0.1, -0.05) is 12.1 Å². The van der Waals surface area contributed by atoms with Crippen molar-refractivity contribution >= 4 is 38.9 Å². The summed E-state index contributed by atoms with van der Waals surface area (Å²) < 4.78 is 4.10. The molecule has 3 aromatic heterocycles. The van der Waals surface area contributed by atoms with Crippen LogP contribution < -0.4 is 10.5 Å². The highest BCUT2D eigenvalue weighted by molar-refractivity contribution is 7.17. The van der Waals surface area contributed by atoms with Gasteiger partial charge in [0.1, 0.15) is 10.5 Å². The number of aryl methyl sites for hydroxylation is 3. The topological polar surface area (TPSA) is 75.7 Å². The van der Waals surface area contributed by atoms with Crippen molar-refractivity contribution in [2.75, 3.05) is 31.1 Å². The number of amides is 1. The van der Waals surface area contributed by atoms with E-state index in [2.05, 4.69) is 47.1 Å². The largest absolute Gasteiger partial charge is 0.368 e. The number of hydrogen-bond acceptors (Lipinski definition) is 6. The SMILES string of the molecule is Cc1cccc(N2CCN(C(=O)CCc3nnc4n(C)c(=O)c5sccc5n34)CC2)c1C. The lowest BCUT2D eigenvalue weighted by atomic mass is 10.1. The van der Waals surface area contributed by atoms with Gasteiger partial charge in [0, 0.05) is 51.8 Å². The third-order valence-corrected chi connectivity index (χ3v) is 7.40. The van der Waals surface area contributed by atoms with Crippen LogP contribution in [0.1, 0.15) is 23.4 Å². The van der Waals surface area contributed by atoms with Crippen molar-refractivity contribution in [3.05, 3.63) is 57.0 Å². The number of rotatable bonds is 4. The van der Waals surface area contributed by atoms with Gasteiger partial charge in [0.25, 0.3) is 5.56 Å². The second-order valence-corrected chi connectivity index (χ2v) is 9.25. The van der Waals surface area contributed by atoms with Gasteiger partial charge in [-0.25, -0.2) is 0 Å². The van der Waals surface area contributed by atoms with Crippen molar-refractivity contribution in [2.24, 2.45) is 7.05 Å². The van der Waals surface area contributed by atoms with Crippen LogP contribution >= 0.6 is 11.3 Å². The Morgan fingerprint density at radius 3 is 2.66 bits per heavy atom. The first kappa shape index (κ1) is 20.7. The van der Waals surface area contributed by atoms with Gasteiger partial charge < -0.3 is 9.80 Å². The zero-order valence-electron chi connectivity index (χ0n) is 18.5. The molecule has 1 saturated heterocycles. The van der Waals surface area contributed by atoms with E-state index < -0.39 is 0 Å². The van der Waals surface area contributed by atoms with E-state index in [1.165, 1.54) is 32.7 Å². The highest BCUT2D eigenvalue weighted by atomic mass is 32.1. The minimum Gasteiger partial charge on any atom is -0.368 e. The van der Waals surface area contributed by atoms with E-state index in [-0.39, 0.29) is 11.5 Å². The second kappa shape index (κ2) is 8.05. The number of carbonyl (C=O) groups is 1. The van der Waals surface area contributed by atoms with Crippen LogP contribution in [0, 0.1) is 13.8 Å². The number of thiophene rings is 1. The molecule has 1 fully saturated rings. The number of anilines is 1. The molecule has 32 heavy (non-hydrogen) atoms. The number of piperazine rings is 1. The Kier molecular flexibility index (Phi) is 5.21. The van der Waals surface area contributed by atoms with Gasteiger partial charge >= 0.3 is 0 Å². The molecule has 1 aromatic carbocycles. The van der Waals surface area contributed by atoms with Crippen molar-refractivity contribution in [3.8, 4) is 0 Å². The third-order valence-electron chi connectivity index (χ3n) is 6.51. The summed E-state index contributed by atoms with van der Waals surface area (Å²) in [7, 11) is 1.70. The average Bonchev–Trinajstić information content (AvgIpc) is 3.45. The van der Waals surface area contributed by atoms with Crippen molar-refractivity contribution in [2.45, 2.75) is 26.7 Å².